The van der Waals surface area contributed by atoms with Crippen molar-refractivity contribution in [1.82, 2.24) is 0 Å². The summed E-state index contributed by atoms with van der Waals surface area (Å²) in [6.07, 6.45) is 6.02. The molecule has 1 fully saturated rings. The first kappa shape index (κ1) is 8.37. The molecule has 60 valence electrons. The minimum atomic E-state index is -0.221. The third kappa shape index (κ3) is 2.15. The second-order valence-corrected chi connectivity index (χ2v) is 3.18. The first-order chi connectivity index (χ1) is 4.84. The van der Waals surface area contributed by atoms with Gasteiger partial charge in [-0.05, 0) is 24.9 Å². The molecule has 10 heavy (non-hydrogen) atoms. The lowest BCUT2D eigenvalue weighted by molar-refractivity contribution is 0.0184. The summed E-state index contributed by atoms with van der Waals surface area (Å²) in [5.41, 5.74) is 0. The molecular formula is C7H14O2S. The van der Waals surface area contributed by atoms with E-state index in [0.29, 0.717) is 0 Å². The molecule has 1 aliphatic carbocycles. The summed E-state index contributed by atoms with van der Waals surface area (Å²) in [6, 6.07) is 0. The highest BCUT2D eigenvalue weighted by atomic mass is 32.2. The van der Waals surface area contributed by atoms with Crippen LogP contribution < -0.4 is 0 Å². The van der Waals surface area contributed by atoms with Crippen LogP contribution in [0, 0.1) is 0 Å². The van der Waals surface area contributed by atoms with Gasteiger partial charge in [0.1, 0.15) is 0 Å². The predicted octanol–water partition coefficient (Wildman–Crippen LogP) is 1.58. The molecule has 0 spiro atoms. The molecule has 0 aliphatic heterocycles. The van der Waals surface area contributed by atoms with Crippen LogP contribution >= 0.6 is 12.0 Å². The Hall–Kier alpha value is 0.270. The Bertz CT molecular complexity index is 95.6. The van der Waals surface area contributed by atoms with Crippen molar-refractivity contribution in [2.75, 3.05) is 6.26 Å². The van der Waals surface area contributed by atoms with Gasteiger partial charge >= 0.3 is 0 Å². The molecule has 0 aromatic heterocycles. The number of aliphatic hydroxyl groups excluding tert-OH is 1. The molecular weight excluding hydrogens is 148 g/mol. The van der Waals surface area contributed by atoms with E-state index in [1.54, 1.807) is 0 Å². The van der Waals surface area contributed by atoms with Crippen LogP contribution in [0.4, 0.5) is 0 Å². The summed E-state index contributed by atoms with van der Waals surface area (Å²) in [5, 5.41) is 9.36. The van der Waals surface area contributed by atoms with Crippen molar-refractivity contribution >= 4 is 12.0 Å². The normalized spacial score (nSPS) is 34.2. The predicted molar refractivity (Wildman–Crippen MR) is 42.9 cm³/mol. The van der Waals surface area contributed by atoms with Crippen LogP contribution in [0.15, 0.2) is 0 Å². The highest BCUT2D eigenvalue weighted by Gasteiger charge is 2.23. The van der Waals surface area contributed by atoms with Crippen molar-refractivity contribution in [2.45, 2.75) is 37.9 Å². The van der Waals surface area contributed by atoms with Crippen LogP contribution in [0.3, 0.4) is 0 Å². The topological polar surface area (TPSA) is 29.5 Å². The molecule has 1 rings (SSSR count). The van der Waals surface area contributed by atoms with Crippen LogP contribution in [0.2, 0.25) is 0 Å². The first-order valence-electron chi connectivity index (χ1n) is 3.72. The van der Waals surface area contributed by atoms with Gasteiger partial charge in [-0.2, -0.15) is 0 Å². The molecule has 0 bridgehead atoms. The first-order valence-corrected chi connectivity index (χ1v) is 4.87. The van der Waals surface area contributed by atoms with Crippen LogP contribution in [0.5, 0.6) is 0 Å². The van der Waals surface area contributed by atoms with E-state index in [9.17, 15) is 5.11 Å². The standard InChI is InChI=1S/C7H14O2S/c1-10-9-7-5-3-2-4-6(7)8/h6-8H,2-5H2,1H3. The van der Waals surface area contributed by atoms with Crippen molar-refractivity contribution in [3.63, 3.8) is 0 Å². The van der Waals surface area contributed by atoms with Crippen molar-refractivity contribution in [3.05, 3.63) is 0 Å². The van der Waals surface area contributed by atoms with Crippen LogP contribution in [-0.4, -0.2) is 23.6 Å². The molecule has 2 unspecified atom stereocenters. The quantitative estimate of drug-likeness (QED) is 0.625. The molecule has 0 amide bonds. The van der Waals surface area contributed by atoms with E-state index < -0.39 is 0 Å². The average Bonchev–Trinajstić information content (AvgIpc) is 1.94. The molecule has 2 nitrogen and oxygen atoms in total. The third-order valence-corrected chi connectivity index (χ3v) is 2.33. The molecule has 1 N–H and O–H groups in total. The molecule has 1 aliphatic rings. The van der Waals surface area contributed by atoms with Crippen molar-refractivity contribution in [2.24, 2.45) is 0 Å². The maximum absolute atomic E-state index is 9.36. The Kier molecular flexibility index (Phi) is 3.52. The lowest BCUT2D eigenvalue weighted by Crippen LogP contribution is -2.30. The Morgan fingerprint density at radius 3 is 2.70 bits per heavy atom. The van der Waals surface area contributed by atoms with Gasteiger partial charge in [-0.25, -0.2) is 0 Å². The molecule has 0 heterocycles. The number of rotatable bonds is 2. The minimum absolute atomic E-state index is 0.0868. The lowest BCUT2D eigenvalue weighted by Gasteiger charge is -2.25. The fraction of sp³-hybridized carbons (Fsp3) is 1.00. The van der Waals surface area contributed by atoms with Gasteiger partial charge in [-0.15, -0.1) is 0 Å². The van der Waals surface area contributed by atoms with Gasteiger partial charge in [0.25, 0.3) is 0 Å². The van der Waals surface area contributed by atoms with E-state index in [1.165, 1.54) is 18.5 Å². The third-order valence-electron chi connectivity index (χ3n) is 1.89. The zero-order valence-electron chi connectivity index (χ0n) is 6.25. The zero-order chi connectivity index (χ0) is 7.40. The highest BCUT2D eigenvalue weighted by molar-refractivity contribution is 7.93. The monoisotopic (exact) mass is 162 g/mol. The Labute approximate surface area is 66.2 Å². The van der Waals surface area contributed by atoms with Gasteiger partial charge in [0.15, 0.2) is 0 Å². The zero-order valence-corrected chi connectivity index (χ0v) is 7.06. The van der Waals surface area contributed by atoms with E-state index >= 15 is 0 Å². The van der Waals surface area contributed by atoms with Gasteiger partial charge in [0.2, 0.25) is 0 Å². The second-order valence-electron chi connectivity index (χ2n) is 2.65. The largest absolute Gasteiger partial charge is 0.390 e. The lowest BCUT2D eigenvalue weighted by atomic mass is 9.95. The summed E-state index contributed by atoms with van der Waals surface area (Å²) < 4.78 is 5.26. The Morgan fingerprint density at radius 1 is 1.40 bits per heavy atom. The smallest absolute Gasteiger partial charge is 0.0980 e. The Morgan fingerprint density at radius 2 is 2.10 bits per heavy atom. The highest BCUT2D eigenvalue weighted by Crippen LogP contribution is 2.23. The van der Waals surface area contributed by atoms with E-state index in [2.05, 4.69) is 0 Å². The van der Waals surface area contributed by atoms with E-state index in [-0.39, 0.29) is 12.2 Å². The van der Waals surface area contributed by atoms with Crippen molar-refractivity contribution < 1.29 is 9.29 Å². The number of hydrogen-bond acceptors (Lipinski definition) is 3. The van der Waals surface area contributed by atoms with Crippen molar-refractivity contribution in [3.8, 4) is 0 Å². The number of aliphatic hydroxyl groups is 1. The summed E-state index contributed by atoms with van der Waals surface area (Å²) in [4.78, 5) is 0. The van der Waals surface area contributed by atoms with Crippen LogP contribution in [0.1, 0.15) is 25.7 Å². The molecule has 1 saturated carbocycles. The molecule has 3 heteroatoms. The van der Waals surface area contributed by atoms with E-state index in [4.69, 9.17) is 4.18 Å². The van der Waals surface area contributed by atoms with Crippen LogP contribution in [-0.2, 0) is 4.18 Å². The average molecular weight is 162 g/mol. The summed E-state index contributed by atoms with van der Waals surface area (Å²) >= 11 is 1.35. The molecule has 2 atom stereocenters. The van der Waals surface area contributed by atoms with Crippen molar-refractivity contribution in [1.29, 1.82) is 0 Å². The molecule has 0 aromatic rings. The van der Waals surface area contributed by atoms with E-state index in [0.717, 1.165) is 19.3 Å². The van der Waals surface area contributed by atoms with Gasteiger partial charge < -0.3 is 9.29 Å². The second kappa shape index (κ2) is 4.21. The SMILES string of the molecule is CSOC1CCCCC1O. The maximum Gasteiger partial charge on any atom is 0.0980 e. The summed E-state index contributed by atoms with van der Waals surface area (Å²) in [6.45, 7) is 0. The van der Waals surface area contributed by atoms with E-state index in [1.807, 2.05) is 6.26 Å². The number of hydrogen-bond donors (Lipinski definition) is 1. The Balaban J connectivity index is 2.25. The summed E-state index contributed by atoms with van der Waals surface area (Å²) in [5.74, 6) is 0. The minimum Gasteiger partial charge on any atom is -0.390 e. The maximum atomic E-state index is 9.36. The van der Waals surface area contributed by atoms with Gasteiger partial charge in [-0.3, -0.25) is 0 Å². The van der Waals surface area contributed by atoms with Gasteiger partial charge in [0, 0.05) is 6.26 Å². The molecule has 0 radical (unpaired) electrons. The molecule has 0 saturated heterocycles. The fourth-order valence-corrected chi connectivity index (χ4v) is 1.78. The molecule has 0 aromatic carbocycles. The van der Waals surface area contributed by atoms with Crippen LogP contribution in [0.25, 0.3) is 0 Å². The fourth-order valence-electron chi connectivity index (χ4n) is 1.31. The summed E-state index contributed by atoms with van der Waals surface area (Å²) in [7, 11) is 0. The van der Waals surface area contributed by atoms with Gasteiger partial charge in [-0.1, -0.05) is 12.8 Å². The van der Waals surface area contributed by atoms with Gasteiger partial charge in [0.05, 0.1) is 12.2 Å².